The number of H-pyrrole nitrogens is 1. The normalized spacial score (nSPS) is 16.3. The second kappa shape index (κ2) is 6.63. The molecule has 2 heterocycles. The number of aromatic amines is 1. The fraction of sp³-hybridized carbons (Fsp3) is 0.250. The number of rotatable bonds is 5. The van der Waals surface area contributed by atoms with Crippen LogP contribution in [-0.2, 0) is 4.74 Å². The van der Waals surface area contributed by atoms with Crippen LogP contribution in [-0.4, -0.2) is 38.8 Å². The van der Waals surface area contributed by atoms with E-state index in [4.69, 9.17) is 18.9 Å². The van der Waals surface area contributed by atoms with E-state index in [0.717, 1.165) is 22.0 Å². The molecule has 1 atom stereocenters. The minimum atomic E-state index is -0.194. The number of hydrogen-bond donors (Lipinski definition) is 1. The number of nitrogens with one attached hydrogen (secondary N) is 1. The van der Waals surface area contributed by atoms with Gasteiger partial charge in [0.25, 0.3) is 0 Å². The molecule has 134 valence electrons. The molecule has 2 aromatic carbocycles. The van der Waals surface area contributed by atoms with Crippen LogP contribution in [0, 0.1) is 0 Å². The zero-order valence-electron chi connectivity index (χ0n) is 14.9. The third-order valence-corrected chi connectivity index (χ3v) is 4.51. The van der Waals surface area contributed by atoms with Crippen LogP contribution in [0.25, 0.3) is 10.9 Å². The topological polar surface area (TPSA) is 65.1 Å². The Morgan fingerprint density at radius 2 is 1.77 bits per heavy atom. The van der Waals surface area contributed by atoms with E-state index in [-0.39, 0.29) is 6.10 Å². The third kappa shape index (κ3) is 2.73. The fourth-order valence-corrected chi connectivity index (χ4v) is 3.18. The summed E-state index contributed by atoms with van der Waals surface area (Å²) in [5.41, 5.74) is 2.99. The van der Waals surface area contributed by atoms with Crippen molar-refractivity contribution in [3.05, 3.63) is 53.7 Å². The highest BCUT2D eigenvalue weighted by Crippen LogP contribution is 2.41. The molecule has 1 aliphatic heterocycles. The minimum Gasteiger partial charge on any atom is -0.493 e. The van der Waals surface area contributed by atoms with Gasteiger partial charge in [-0.15, -0.1) is 0 Å². The second-order valence-corrected chi connectivity index (χ2v) is 5.99. The smallest absolute Gasteiger partial charge is 0.216 e. The van der Waals surface area contributed by atoms with Crippen molar-refractivity contribution in [3.8, 4) is 17.2 Å². The van der Waals surface area contributed by atoms with Crippen molar-refractivity contribution in [3.63, 3.8) is 0 Å². The first-order valence-electron chi connectivity index (χ1n) is 8.32. The Hall–Kier alpha value is -3.15. The summed E-state index contributed by atoms with van der Waals surface area (Å²) in [6.07, 6.45) is 1.73. The number of fused-ring (bicyclic) bond motifs is 1. The molecule has 6 heteroatoms. The lowest BCUT2D eigenvalue weighted by molar-refractivity contribution is 0.228. The van der Waals surface area contributed by atoms with Crippen LogP contribution in [0.3, 0.4) is 0 Å². The predicted molar refractivity (Wildman–Crippen MR) is 99.6 cm³/mol. The van der Waals surface area contributed by atoms with Gasteiger partial charge in [-0.05, 0) is 36.4 Å². The van der Waals surface area contributed by atoms with E-state index in [0.29, 0.717) is 29.7 Å². The minimum absolute atomic E-state index is 0.194. The number of benzene rings is 2. The van der Waals surface area contributed by atoms with Gasteiger partial charge in [-0.3, -0.25) is 0 Å². The Labute approximate surface area is 151 Å². The first-order chi connectivity index (χ1) is 12.7. The van der Waals surface area contributed by atoms with Crippen LogP contribution in [0.15, 0.2) is 47.6 Å². The lowest BCUT2D eigenvalue weighted by atomic mass is 10.1. The van der Waals surface area contributed by atoms with E-state index in [9.17, 15) is 0 Å². The molecule has 0 spiro atoms. The second-order valence-electron chi connectivity index (χ2n) is 5.99. The molecule has 3 aromatic rings. The van der Waals surface area contributed by atoms with Crippen molar-refractivity contribution in [1.29, 1.82) is 0 Å². The zero-order valence-corrected chi connectivity index (χ0v) is 14.9. The van der Waals surface area contributed by atoms with E-state index < -0.39 is 0 Å². The SMILES string of the molecule is COc1cc(C2CN=C(c3ccc4[nH]ccc4c3)O2)cc(OC)c1OC. The Morgan fingerprint density at radius 1 is 1.00 bits per heavy atom. The van der Waals surface area contributed by atoms with Crippen molar-refractivity contribution in [2.75, 3.05) is 27.9 Å². The molecule has 1 aromatic heterocycles. The first-order valence-corrected chi connectivity index (χ1v) is 8.32. The number of methoxy groups -OCH3 is 3. The van der Waals surface area contributed by atoms with Gasteiger partial charge in [0.15, 0.2) is 11.5 Å². The van der Waals surface area contributed by atoms with Gasteiger partial charge in [-0.1, -0.05) is 0 Å². The molecule has 0 bridgehead atoms. The van der Waals surface area contributed by atoms with Crippen LogP contribution < -0.4 is 14.2 Å². The van der Waals surface area contributed by atoms with Crippen molar-refractivity contribution in [2.45, 2.75) is 6.10 Å². The van der Waals surface area contributed by atoms with Crippen molar-refractivity contribution < 1.29 is 18.9 Å². The summed E-state index contributed by atoms with van der Waals surface area (Å²) in [5, 5.41) is 1.13. The van der Waals surface area contributed by atoms with Crippen molar-refractivity contribution >= 4 is 16.8 Å². The van der Waals surface area contributed by atoms with Crippen LogP contribution in [0.4, 0.5) is 0 Å². The predicted octanol–water partition coefficient (Wildman–Crippen LogP) is 3.71. The van der Waals surface area contributed by atoms with Gasteiger partial charge in [-0.25, -0.2) is 4.99 Å². The standard InChI is InChI=1S/C20H20N2O4/c1-23-16-9-14(10-17(24-2)19(16)25-3)18-11-22-20(26-18)13-4-5-15-12(8-13)6-7-21-15/h4-10,18,21H,11H2,1-3H3. The Bertz CT molecular complexity index is 952. The summed E-state index contributed by atoms with van der Waals surface area (Å²) >= 11 is 0. The number of nitrogens with zero attached hydrogens (tertiary/aromatic N) is 1. The summed E-state index contributed by atoms with van der Waals surface area (Å²) in [7, 11) is 4.79. The molecule has 0 fully saturated rings. The van der Waals surface area contributed by atoms with Crippen molar-refractivity contribution in [2.24, 2.45) is 4.99 Å². The zero-order chi connectivity index (χ0) is 18.1. The van der Waals surface area contributed by atoms with E-state index in [1.54, 1.807) is 21.3 Å². The maximum Gasteiger partial charge on any atom is 0.216 e. The summed E-state index contributed by atoms with van der Waals surface area (Å²) in [6.45, 7) is 0.541. The third-order valence-electron chi connectivity index (χ3n) is 4.51. The highest BCUT2D eigenvalue weighted by molar-refractivity contribution is 5.98. The van der Waals surface area contributed by atoms with Crippen LogP contribution in [0.5, 0.6) is 17.2 Å². The van der Waals surface area contributed by atoms with E-state index in [2.05, 4.69) is 16.0 Å². The number of hydrogen-bond acceptors (Lipinski definition) is 5. The molecule has 1 unspecified atom stereocenters. The molecule has 0 saturated carbocycles. The van der Waals surface area contributed by atoms with Gasteiger partial charge in [0.1, 0.15) is 6.10 Å². The molecule has 1 aliphatic rings. The number of aromatic nitrogens is 1. The lowest BCUT2D eigenvalue weighted by Gasteiger charge is -2.17. The highest BCUT2D eigenvalue weighted by atomic mass is 16.5. The van der Waals surface area contributed by atoms with E-state index >= 15 is 0 Å². The Kier molecular flexibility index (Phi) is 4.16. The lowest BCUT2D eigenvalue weighted by Crippen LogP contribution is -2.07. The van der Waals surface area contributed by atoms with Gasteiger partial charge >= 0.3 is 0 Å². The van der Waals surface area contributed by atoms with Crippen molar-refractivity contribution in [1.82, 2.24) is 4.98 Å². The Morgan fingerprint density at radius 3 is 2.46 bits per heavy atom. The fourth-order valence-electron chi connectivity index (χ4n) is 3.18. The maximum atomic E-state index is 6.12. The summed E-state index contributed by atoms with van der Waals surface area (Å²) in [6, 6.07) is 11.9. The molecule has 0 amide bonds. The van der Waals surface area contributed by atoms with Gasteiger partial charge in [0, 0.05) is 28.2 Å². The van der Waals surface area contributed by atoms with E-state index in [1.165, 1.54) is 0 Å². The Balaban J connectivity index is 1.61. The molecular formula is C20H20N2O4. The molecular weight excluding hydrogens is 332 g/mol. The number of aliphatic imine (C=N–C) groups is 1. The molecule has 1 N–H and O–H groups in total. The van der Waals surface area contributed by atoms with E-state index in [1.807, 2.05) is 36.5 Å². The molecule has 0 radical (unpaired) electrons. The summed E-state index contributed by atoms with van der Waals surface area (Å²) < 4.78 is 22.4. The summed E-state index contributed by atoms with van der Waals surface area (Å²) in [5.74, 6) is 2.42. The highest BCUT2D eigenvalue weighted by Gasteiger charge is 2.26. The van der Waals surface area contributed by atoms with Gasteiger partial charge in [0.2, 0.25) is 11.6 Å². The van der Waals surface area contributed by atoms with Gasteiger partial charge in [-0.2, -0.15) is 0 Å². The quantitative estimate of drug-likeness (QED) is 0.760. The molecule has 6 nitrogen and oxygen atoms in total. The molecule has 26 heavy (non-hydrogen) atoms. The van der Waals surface area contributed by atoms with Crippen LogP contribution in [0.2, 0.25) is 0 Å². The van der Waals surface area contributed by atoms with Crippen LogP contribution >= 0.6 is 0 Å². The van der Waals surface area contributed by atoms with Gasteiger partial charge in [0.05, 0.1) is 27.9 Å². The largest absolute Gasteiger partial charge is 0.493 e. The molecule has 4 rings (SSSR count). The molecule has 0 saturated heterocycles. The van der Waals surface area contributed by atoms with Crippen LogP contribution in [0.1, 0.15) is 17.2 Å². The molecule has 0 aliphatic carbocycles. The number of ether oxygens (including phenoxy) is 4. The average molecular weight is 352 g/mol. The summed E-state index contributed by atoms with van der Waals surface area (Å²) in [4.78, 5) is 7.77. The van der Waals surface area contributed by atoms with Gasteiger partial charge < -0.3 is 23.9 Å². The average Bonchev–Trinajstić information content (AvgIpc) is 3.35. The first kappa shape index (κ1) is 16.3. The monoisotopic (exact) mass is 352 g/mol. The maximum absolute atomic E-state index is 6.12.